The topological polar surface area (TPSA) is 24.9 Å². The molecule has 1 saturated carbocycles. The van der Waals surface area contributed by atoms with Crippen molar-refractivity contribution in [1.82, 2.24) is 4.98 Å². The van der Waals surface area contributed by atoms with Crippen molar-refractivity contribution in [3.63, 3.8) is 0 Å². The monoisotopic (exact) mass is 312 g/mol. The third kappa shape index (κ3) is 2.23. The number of aromatic nitrogens is 1. The van der Waals surface area contributed by atoms with Gasteiger partial charge >= 0.3 is 0 Å². The highest BCUT2D eigenvalue weighted by molar-refractivity contribution is 6.39. The molecule has 1 N–H and O–H groups in total. The maximum atomic E-state index is 13.9. The van der Waals surface area contributed by atoms with Crippen LogP contribution in [-0.2, 0) is 0 Å². The Morgan fingerprint density at radius 2 is 1.95 bits per heavy atom. The predicted molar refractivity (Wildman–Crippen MR) is 82.5 cm³/mol. The molecule has 1 aliphatic carbocycles. The van der Waals surface area contributed by atoms with Crippen molar-refractivity contribution in [3.05, 3.63) is 33.7 Å². The van der Waals surface area contributed by atoms with Crippen LogP contribution in [0.25, 0.3) is 10.9 Å². The summed E-state index contributed by atoms with van der Waals surface area (Å²) in [5.41, 5.74) is 2.49. The molecule has 0 bridgehead atoms. The standard InChI is InChI=1S/C15H15Cl2FN2/c1-19-11-7-10(8-4-2-3-5-8)20-12-6-9(16)15(18)14(17)13(11)12/h6-8H,2-5H2,1H3,(H,19,20). The molecule has 0 radical (unpaired) electrons. The number of pyridine rings is 1. The number of halogens is 3. The summed E-state index contributed by atoms with van der Waals surface area (Å²) < 4.78 is 13.9. The van der Waals surface area contributed by atoms with Crippen LogP contribution in [0.5, 0.6) is 0 Å². The zero-order chi connectivity index (χ0) is 14.3. The van der Waals surface area contributed by atoms with E-state index in [1.165, 1.54) is 12.8 Å². The summed E-state index contributed by atoms with van der Waals surface area (Å²) in [5.74, 6) is -0.109. The van der Waals surface area contributed by atoms with E-state index in [9.17, 15) is 4.39 Å². The normalized spacial score (nSPS) is 16.0. The molecule has 0 aliphatic heterocycles. The number of hydrogen-bond donors (Lipinski definition) is 1. The summed E-state index contributed by atoms with van der Waals surface area (Å²) in [5, 5.41) is 3.73. The second-order valence-electron chi connectivity index (χ2n) is 5.21. The van der Waals surface area contributed by atoms with Gasteiger partial charge in [-0.1, -0.05) is 36.0 Å². The first-order valence-electron chi connectivity index (χ1n) is 6.77. The van der Waals surface area contributed by atoms with E-state index in [1.807, 2.05) is 6.07 Å². The van der Waals surface area contributed by atoms with Gasteiger partial charge in [0.15, 0.2) is 5.82 Å². The highest BCUT2D eigenvalue weighted by Crippen LogP contribution is 2.39. The lowest BCUT2D eigenvalue weighted by Crippen LogP contribution is -2.01. The van der Waals surface area contributed by atoms with Crippen molar-refractivity contribution in [2.75, 3.05) is 12.4 Å². The van der Waals surface area contributed by atoms with Crippen molar-refractivity contribution >= 4 is 39.8 Å². The molecule has 0 saturated heterocycles. The Morgan fingerprint density at radius 3 is 2.60 bits per heavy atom. The van der Waals surface area contributed by atoms with Gasteiger partial charge in [0.05, 0.1) is 15.6 Å². The van der Waals surface area contributed by atoms with Crippen molar-refractivity contribution < 1.29 is 4.39 Å². The molecule has 5 heteroatoms. The molecule has 1 aromatic carbocycles. The fraction of sp³-hybridized carbons (Fsp3) is 0.400. The number of rotatable bonds is 2. The van der Waals surface area contributed by atoms with Gasteiger partial charge < -0.3 is 5.32 Å². The molecule has 2 aromatic rings. The van der Waals surface area contributed by atoms with E-state index >= 15 is 0 Å². The van der Waals surface area contributed by atoms with Gasteiger partial charge in [-0.3, -0.25) is 4.98 Å². The van der Waals surface area contributed by atoms with Gasteiger partial charge in [0.1, 0.15) is 0 Å². The van der Waals surface area contributed by atoms with Crippen molar-refractivity contribution in [2.24, 2.45) is 0 Å². The second kappa shape index (κ2) is 5.38. The first-order chi connectivity index (χ1) is 9.61. The van der Waals surface area contributed by atoms with Crippen LogP contribution in [0.4, 0.5) is 10.1 Å². The quantitative estimate of drug-likeness (QED) is 0.753. The zero-order valence-corrected chi connectivity index (χ0v) is 12.7. The molecule has 0 atom stereocenters. The Morgan fingerprint density at radius 1 is 1.25 bits per heavy atom. The number of anilines is 1. The molecular formula is C15H15Cl2FN2. The second-order valence-corrected chi connectivity index (χ2v) is 5.99. The van der Waals surface area contributed by atoms with E-state index in [1.54, 1.807) is 13.1 Å². The number of benzene rings is 1. The van der Waals surface area contributed by atoms with Crippen molar-refractivity contribution in [1.29, 1.82) is 0 Å². The van der Waals surface area contributed by atoms with Crippen LogP contribution in [0.15, 0.2) is 12.1 Å². The minimum Gasteiger partial charge on any atom is -0.387 e. The Kier molecular flexibility index (Phi) is 3.74. The van der Waals surface area contributed by atoms with Gasteiger partial charge in [-0.05, 0) is 25.0 Å². The first-order valence-corrected chi connectivity index (χ1v) is 7.53. The van der Waals surface area contributed by atoms with E-state index in [2.05, 4.69) is 10.3 Å². The highest BCUT2D eigenvalue weighted by atomic mass is 35.5. The molecule has 2 nitrogen and oxygen atoms in total. The molecular weight excluding hydrogens is 298 g/mol. The SMILES string of the molecule is CNc1cc(C2CCCC2)nc2cc(Cl)c(F)c(Cl)c12. The average Bonchev–Trinajstić information content (AvgIpc) is 2.97. The Hall–Kier alpha value is -1.06. The number of hydrogen-bond acceptors (Lipinski definition) is 2. The number of fused-ring (bicyclic) bond motifs is 1. The Balaban J connectivity index is 2.25. The van der Waals surface area contributed by atoms with Gasteiger partial charge in [0, 0.05) is 29.7 Å². The van der Waals surface area contributed by atoms with E-state index < -0.39 is 5.82 Å². The predicted octanol–water partition coefficient (Wildman–Crippen LogP) is 5.38. The number of nitrogens with zero attached hydrogens (tertiary/aromatic N) is 1. The molecule has 0 amide bonds. The van der Waals surface area contributed by atoms with Gasteiger partial charge in [-0.15, -0.1) is 0 Å². The van der Waals surface area contributed by atoms with Crippen LogP contribution in [0.1, 0.15) is 37.3 Å². The fourth-order valence-corrected chi connectivity index (χ4v) is 3.49. The molecule has 0 spiro atoms. The molecule has 20 heavy (non-hydrogen) atoms. The fourth-order valence-electron chi connectivity index (χ4n) is 2.95. The van der Waals surface area contributed by atoms with Gasteiger partial charge in [0.25, 0.3) is 0 Å². The third-order valence-corrected chi connectivity index (χ3v) is 4.63. The van der Waals surface area contributed by atoms with Gasteiger partial charge in [-0.25, -0.2) is 4.39 Å². The van der Waals surface area contributed by atoms with Crippen LogP contribution in [-0.4, -0.2) is 12.0 Å². The molecule has 106 valence electrons. The van der Waals surface area contributed by atoms with Crippen LogP contribution in [0.3, 0.4) is 0 Å². The van der Waals surface area contributed by atoms with E-state index in [0.717, 1.165) is 24.2 Å². The van der Waals surface area contributed by atoms with Crippen molar-refractivity contribution in [3.8, 4) is 0 Å². The highest BCUT2D eigenvalue weighted by Gasteiger charge is 2.21. The summed E-state index contributed by atoms with van der Waals surface area (Å²) in [4.78, 5) is 4.65. The van der Waals surface area contributed by atoms with Crippen LogP contribution >= 0.6 is 23.2 Å². The molecule has 3 rings (SSSR count). The Bertz CT molecular complexity index is 667. The summed E-state index contributed by atoms with van der Waals surface area (Å²) in [6.07, 6.45) is 4.79. The van der Waals surface area contributed by atoms with Crippen LogP contribution in [0.2, 0.25) is 10.0 Å². The number of nitrogens with one attached hydrogen (secondary N) is 1. The smallest absolute Gasteiger partial charge is 0.161 e. The minimum atomic E-state index is -0.590. The largest absolute Gasteiger partial charge is 0.387 e. The summed E-state index contributed by atoms with van der Waals surface area (Å²) >= 11 is 12.0. The lowest BCUT2D eigenvalue weighted by molar-refractivity contribution is 0.630. The van der Waals surface area contributed by atoms with Crippen LogP contribution < -0.4 is 5.32 Å². The van der Waals surface area contributed by atoms with Crippen molar-refractivity contribution in [2.45, 2.75) is 31.6 Å². The average molecular weight is 313 g/mol. The summed E-state index contributed by atoms with van der Waals surface area (Å²) in [6, 6.07) is 3.54. The molecule has 1 aromatic heterocycles. The maximum Gasteiger partial charge on any atom is 0.161 e. The summed E-state index contributed by atoms with van der Waals surface area (Å²) in [6.45, 7) is 0. The van der Waals surface area contributed by atoms with Gasteiger partial charge in [0.2, 0.25) is 0 Å². The zero-order valence-electron chi connectivity index (χ0n) is 11.1. The molecule has 1 heterocycles. The lowest BCUT2D eigenvalue weighted by atomic mass is 10.0. The minimum absolute atomic E-state index is 0.0145. The maximum absolute atomic E-state index is 13.9. The molecule has 1 fully saturated rings. The van der Waals surface area contributed by atoms with E-state index in [4.69, 9.17) is 23.2 Å². The molecule has 0 unspecified atom stereocenters. The van der Waals surface area contributed by atoms with Gasteiger partial charge in [-0.2, -0.15) is 0 Å². The molecule has 1 aliphatic rings. The lowest BCUT2D eigenvalue weighted by Gasteiger charge is -2.15. The third-order valence-electron chi connectivity index (χ3n) is 4.00. The first kappa shape index (κ1) is 13.9. The van der Waals surface area contributed by atoms with E-state index in [0.29, 0.717) is 16.8 Å². The van der Waals surface area contributed by atoms with Crippen LogP contribution in [0, 0.1) is 5.82 Å². The summed E-state index contributed by atoms with van der Waals surface area (Å²) in [7, 11) is 1.80. The Labute approximate surface area is 127 Å². The van der Waals surface area contributed by atoms with E-state index in [-0.39, 0.29) is 10.0 Å².